The standard InChI is InChI=1S/C18H17FN6O4/c1-22-9-29-17-14-11(16(26)12(18(27)28)8-25(14)22)6-13(19)15(17)23-4-2-10(7-23)24-5-3-20-21-24/h3,5-6,8,10H,2,4,7,9H2,1H3,(H,27,28)/t10-/m0/s1. The van der Waals surface area contributed by atoms with Gasteiger partial charge >= 0.3 is 5.97 Å². The largest absolute Gasteiger partial charge is 0.477 e. The Morgan fingerprint density at radius 1 is 1.41 bits per heavy atom. The van der Waals surface area contributed by atoms with E-state index in [1.165, 1.54) is 10.9 Å². The number of carboxylic acids is 1. The van der Waals surface area contributed by atoms with Gasteiger partial charge in [0.1, 0.15) is 16.8 Å². The summed E-state index contributed by atoms with van der Waals surface area (Å²) in [6.45, 7) is 1.17. The third kappa shape index (κ3) is 2.53. The van der Waals surface area contributed by atoms with Gasteiger partial charge in [-0.3, -0.25) is 14.5 Å². The van der Waals surface area contributed by atoms with E-state index < -0.39 is 22.8 Å². The highest BCUT2D eigenvalue weighted by Gasteiger charge is 2.33. The Morgan fingerprint density at radius 3 is 2.97 bits per heavy atom. The Bertz CT molecular complexity index is 1190. The molecule has 1 saturated heterocycles. The van der Waals surface area contributed by atoms with Crippen molar-refractivity contribution in [3.8, 4) is 5.75 Å². The van der Waals surface area contributed by atoms with Gasteiger partial charge in [-0.25, -0.2) is 13.9 Å². The number of rotatable bonds is 3. The number of ether oxygens (including phenoxy) is 1. The molecule has 0 amide bonds. The lowest BCUT2D eigenvalue weighted by Gasteiger charge is -2.33. The molecule has 1 fully saturated rings. The molecule has 29 heavy (non-hydrogen) atoms. The van der Waals surface area contributed by atoms with Crippen molar-refractivity contribution < 1.29 is 19.0 Å². The van der Waals surface area contributed by atoms with Crippen LogP contribution in [0.25, 0.3) is 10.9 Å². The van der Waals surface area contributed by atoms with Crippen LogP contribution in [-0.2, 0) is 0 Å². The van der Waals surface area contributed by atoms with Crippen LogP contribution in [-0.4, -0.2) is 57.6 Å². The number of pyridine rings is 1. The number of benzene rings is 1. The van der Waals surface area contributed by atoms with Crippen LogP contribution in [0.3, 0.4) is 0 Å². The molecule has 1 aromatic carbocycles. The van der Waals surface area contributed by atoms with Gasteiger partial charge in [0, 0.05) is 32.5 Å². The van der Waals surface area contributed by atoms with Crippen molar-refractivity contribution in [1.82, 2.24) is 19.7 Å². The fourth-order valence-corrected chi connectivity index (χ4v) is 4.04. The first-order chi connectivity index (χ1) is 14.0. The maximum absolute atomic E-state index is 15.2. The van der Waals surface area contributed by atoms with Crippen LogP contribution in [0.2, 0.25) is 0 Å². The minimum absolute atomic E-state index is 0.0280. The molecule has 5 rings (SSSR count). The summed E-state index contributed by atoms with van der Waals surface area (Å²) in [5.74, 6) is -1.74. The van der Waals surface area contributed by atoms with Crippen LogP contribution >= 0.6 is 0 Å². The molecule has 1 N–H and O–H groups in total. The summed E-state index contributed by atoms with van der Waals surface area (Å²) in [6.07, 6.45) is 5.38. The van der Waals surface area contributed by atoms with Gasteiger partial charge in [-0.15, -0.1) is 5.10 Å². The summed E-state index contributed by atoms with van der Waals surface area (Å²) in [6, 6.07) is 1.15. The second kappa shape index (κ2) is 6.19. The number of hydrogen-bond donors (Lipinski definition) is 1. The molecule has 0 bridgehead atoms. The monoisotopic (exact) mass is 400 g/mol. The first-order valence-electron chi connectivity index (χ1n) is 9.06. The van der Waals surface area contributed by atoms with Gasteiger partial charge in [0.25, 0.3) is 0 Å². The Balaban J connectivity index is 1.69. The number of anilines is 1. The van der Waals surface area contributed by atoms with Gasteiger partial charge in [-0.05, 0) is 12.5 Å². The third-order valence-electron chi connectivity index (χ3n) is 5.44. The second-order valence-corrected chi connectivity index (χ2v) is 7.16. The highest BCUT2D eigenvalue weighted by molar-refractivity contribution is 5.97. The normalized spacial score (nSPS) is 18.3. The van der Waals surface area contributed by atoms with E-state index in [0.717, 1.165) is 12.5 Å². The third-order valence-corrected chi connectivity index (χ3v) is 5.44. The minimum atomic E-state index is -1.36. The Kier molecular flexibility index (Phi) is 3.73. The van der Waals surface area contributed by atoms with Gasteiger partial charge in [-0.2, -0.15) is 0 Å². The van der Waals surface area contributed by atoms with E-state index in [9.17, 15) is 14.7 Å². The van der Waals surface area contributed by atoms with E-state index in [-0.39, 0.29) is 29.6 Å². The summed E-state index contributed by atoms with van der Waals surface area (Å²) in [4.78, 5) is 26.0. The number of aromatic nitrogens is 4. The Morgan fingerprint density at radius 2 is 2.24 bits per heavy atom. The quantitative estimate of drug-likeness (QED) is 0.688. The molecule has 1 atom stereocenters. The molecule has 0 saturated carbocycles. The molecule has 0 aliphatic carbocycles. The van der Waals surface area contributed by atoms with Gasteiger partial charge in [0.05, 0.1) is 17.6 Å². The van der Waals surface area contributed by atoms with Crippen molar-refractivity contribution in [3.05, 3.63) is 46.3 Å². The number of carbonyl (C=O) groups is 1. The van der Waals surface area contributed by atoms with E-state index in [0.29, 0.717) is 18.6 Å². The molecule has 2 aliphatic rings. The highest BCUT2D eigenvalue weighted by Crippen LogP contribution is 2.42. The first kappa shape index (κ1) is 17.5. The fourth-order valence-electron chi connectivity index (χ4n) is 4.04. The van der Waals surface area contributed by atoms with Crippen molar-refractivity contribution in [2.24, 2.45) is 0 Å². The van der Waals surface area contributed by atoms with Crippen LogP contribution in [0.15, 0.2) is 29.5 Å². The zero-order valence-electron chi connectivity index (χ0n) is 15.4. The molecular weight excluding hydrogens is 383 g/mol. The van der Waals surface area contributed by atoms with Crippen molar-refractivity contribution in [1.29, 1.82) is 0 Å². The first-order valence-corrected chi connectivity index (χ1v) is 9.06. The summed E-state index contributed by atoms with van der Waals surface area (Å²) in [7, 11) is 1.69. The van der Waals surface area contributed by atoms with Crippen molar-refractivity contribution in [2.75, 3.05) is 36.8 Å². The van der Waals surface area contributed by atoms with E-state index in [2.05, 4.69) is 10.3 Å². The SMILES string of the molecule is CN1COc2c(N3CC[C@H](n4ccnn4)C3)c(F)cc3c(=O)c(C(=O)O)cn1c23. The number of carboxylic acid groups (broad SMARTS) is 1. The molecule has 0 radical (unpaired) electrons. The molecular formula is C18H17FN6O4. The van der Waals surface area contributed by atoms with E-state index in [1.807, 2.05) is 4.90 Å². The van der Waals surface area contributed by atoms with E-state index in [1.54, 1.807) is 29.1 Å². The molecule has 0 unspecified atom stereocenters. The Hall–Kier alpha value is -3.63. The van der Waals surface area contributed by atoms with E-state index in [4.69, 9.17) is 4.74 Å². The number of nitrogens with zero attached hydrogens (tertiary/aromatic N) is 6. The lowest BCUT2D eigenvalue weighted by Crippen LogP contribution is -2.40. The minimum Gasteiger partial charge on any atom is -0.477 e. The molecule has 4 heterocycles. The highest BCUT2D eigenvalue weighted by atomic mass is 19.1. The number of aromatic carboxylic acids is 1. The lowest BCUT2D eigenvalue weighted by molar-refractivity contribution is 0.0694. The van der Waals surface area contributed by atoms with Gasteiger partial charge in [0.15, 0.2) is 18.3 Å². The van der Waals surface area contributed by atoms with Gasteiger partial charge < -0.3 is 14.7 Å². The zero-order valence-corrected chi connectivity index (χ0v) is 15.4. The van der Waals surface area contributed by atoms with Gasteiger partial charge in [-0.1, -0.05) is 5.21 Å². The summed E-state index contributed by atoms with van der Waals surface area (Å²) < 4.78 is 24.3. The van der Waals surface area contributed by atoms with Crippen LogP contribution in [0.1, 0.15) is 22.8 Å². The van der Waals surface area contributed by atoms with E-state index >= 15 is 4.39 Å². The molecule has 0 spiro atoms. The van der Waals surface area contributed by atoms with Crippen LogP contribution in [0.5, 0.6) is 5.75 Å². The van der Waals surface area contributed by atoms with Crippen molar-refractivity contribution >= 4 is 22.6 Å². The van der Waals surface area contributed by atoms with Crippen molar-refractivity contribution in [3.63, 3.8) is 0 Å². The molecule has 2 aromatic heterocycles. The van der Waals surface area contributed by atoms with Gasteiger partial charge in [0.2, 0.25) is 5.43 Å². The maximum Gasteiger partial charge on any atom is 0.341 e. The fraction of sp³-hybridized carbons (Fsp3) is 0.333. The number of hydrogen-bond acceptors (Lipinski definition) is 7. The summed E-state index contributed by atoms with van der Waals surface area (Å²) >= 11 is 0. The van der Waals surface area contributed by atoms with Crippen LogP contribution < -0.4 is 20.1 Å². The Labute approximate surface area is 163 Å². The topological polar surface area (TPSA) is 106 Å². The predicted octanol–water partition coefficient (Wildman–Crippen LogP) is 0.799. The summed E-state index contributed by atoms with van der Waals surface area (Å²) in [5, 5.41) is 18.8. The van der Waals surface area contributed by atoms with Crippen LogP contribution in [0, 0.1) is 5.82 Å². The van der Waals surface area contributed by atoms with Crippen LogP contribution in [0.4, 0.5) is 10.1 Å². The molecule has 11 heteroatoms. The molecule has 150 valence electrons. The zero-order chi connectivity index (χ0) is 20.3. The molecule has 2 aliphatic heterocycles. The lowest BCUT2D eigenvalue weighted by atomic mass is 10.1. The average Bonchev–Trinajstić information content (AvgIpc) is 3.37. The predicted molar refractivity (Wildman–Crippen MR) is 101 cm³/mol. The van der Waals surface area contributed by atoms with Crippen molar-refractivity contribution in [2.45, 2.75) is 12.5 Å². The molecule has 10 nitrogen and oxygen atoms in total. The maximum atomic E-state index is 15.2. The second-order valence-electron chi connectivity index (χ2n) is 7.16. The number of halogens is 1. The molecule has 3 aromatic rings. The average molecular weight is 400 g/mol. The smallest absolute Gasteiger partial charge is 0.341 e. The summed E-state index contributed by atoms with van der Waals surface area (Å²) in [5.41, 5.74) is -0.535.